The first-order valence-corrected chi connectivity index (χ1v) is 6.51. The van der Waals surface area contributed by atoms with Crippen LogP contribution < -0.4 is 10.7 Å². The van der Waals surface area contributed by atoms with E-state index >= 15 is 0 Å². The summed E-state index contributed by atoms with van der Waals surface area (Å²) >= 11 is 1.51. The maximum absolute atomic E-state index is 12.6. The molecule has 0 aromatic heterocycles. The van der Waals surface area contributed by atoms with Crippen molar-refractivity contribution in [3.63, 3.8) is 0 Å². The Hall–Kier alpha value is -1.17. The number of alkyl halides is 3. The van der Waals surface area contributed by atoms with Crippen molar-refractivity contribution in [1.29, 1.82) is 10.8 Å². The van der Waals surface area contributed by atoms with E-state index in [9.17, 15) is 18.3 Å². The predicted octanol–water partition coefficient (Wildman–Crippen LogP) is 1.41. The van der Waals surface area contributed by atoms with Gasteiger partial charge in [-0.05, 0) is 29.5 Å². The van der Waals surface area contributed by atoms with Gasteiger partial charge in [0, 0.05) is 25.4 Å². The van der Waals surface area contributed by atoms with Crippen LogP contribution in [0.3, 0.4) is 0 Å². The van der Waals surface area contributed by atoms with E-state index in [1.807, 2.05) is 0 Å². The minimum Gasteiger partial charge on any atom is -0.391 e. The Morgan fingerprint density at radius 2 is 2.00 bits per heavy atom. The summed E-state index contributed by atoms with van der Waals surface area (Å²) in [7, 11) is 1.38. The van der Waals surface area contributed by atoms with Crippen LogP contribution in [-0.2, 0) is 0 Å². The van der Waals surface area contributed by atoms with Crippen LogP contribution in [0.1, 0.15) is 6.92 Å². The molecule has 0 saturated carbocycles. The van der Waals surface area contributed by atoms with Crippen LogP contribution in [0.15, 0.2) is 16.9 Å². The molecule has 0 aliphatic rings. The number of hydrogen-bond donors (Lipinski definition) is 5. The number of rotatable bonds is 7. The van der Waals surface area contributed by atoms with Crippen molar-refractivity contribution in [3.8, 4) is 0 Å². The zero-order chi connectivity index (χ0) is 15.9. The summed E-state index contributed by atoms with van der Waals surface area (Å²) in [6, 6.07) is 0. The number of halogens is 4. The van der Waals surface area contributed by atoms with Gasteiger partial charge in [-0.2, -0.15) is 18.3 Å². The first-order valence-electron chi connectivity index (χ1n) is 5.43. The van der Waals surface area contributed by atoms with E-state index in [4.69, 9.17) is 10.8 Å². The zero-order valence-corrected chi connectivity index (χ0v) is 12.9. The van der Waals surface area contributed by atoms with E-state index in [0.29, 0.717) is 6.54 Å². The highest BCUT2D eigenvalue weighted by Gasteiger charge is 2.40. The molecule has 1 atom stereocenters. The van der Waals surface area contributed by atoms with E-state index < -0.39 is 23.6 Å². The number of hydrazone groups is 1. The molecule has 10 heteroatoms. The molecule has 0 saturated heterocycles. The van der Waals surface area contributed by atoms with Crippen LogP contribution in [0, 0.1) is 10.8 Å². The SMILES string of the molecule is CCN/C=C(\C(=N)C(F)(F)F)C(O)/C(=N/NC)C(=N)I. The lowest BCUT2D eigenvalue weighted by Crippen LogP contribution is -2.37. The van der Waals surface area contributed by atoms with Gasteiger partial charge in [0.2, 0.25) is 0 Å². The van der Waals surface area contributed by atoms with Gasteiger partial charge in [-0.15, -0.1) is 0 Å². The topological polar surface area (TPSA) is 104 Å². The highest BCUT2D eigenvalue weighted by atomic mass is 127. The van der Waals surface area contributed by atoms with Gasteiger partial charge in [-0.3, -0.25) is 10.8 Å². The molecule has 5 N–H and O–H groups in total. The smallest absolute Gasteiger partial charge is 0.391 e. The van der Waals surface area contributed by atoms with Crippen LogP contribution in [0.4, 0.5) is 13.2 Å². The maximum Gasteiger partial charge on any atom is 0.433 e. The van der Waals surface area contributed by atoms with E-state index in [1.54, 1.807) is 6.92 Å². The first-order chi connectivity index (χ1) is 9.16. The molecule has 0 spiro atoms. The molecule has 0 rings (SSSR count). The fourth-order valence-electron chi connectivity index (χ4n) is 1.16. The van der Waals surface area contributed by atoms with Crippen molar-refractivity contribution in [2.75, 3.05) is 13.6 Å². The fraction of sp³-hybridized carbons (Fsp3) is 0.500. The Balaban J connectivity index is 5.60. The Morgan fingerprint density at radius 1 is 1.45 bits per heavy atom. The summed E-state index contributed by atoms with van der Waals surface area (Å²) in [6.45, 7) is 1.97. The number of aliphatic hydroxyl groups is 1. The molecule has 0 fully saturated rings. The summed E-state index contributed by atoms with van der Waals surface area (Å²) in [6.07, 6.45) is -5.83. The average molecular weight is 405 g/mol. The summed E-state index contributed by atoms with van der Waals surface area (Å²) in [4.78, 5) is 0. The van der Waals surface area contributed by atoms with Crippen LogP contribution in [0.2, 0.25) is 0 Å². The minimum absolute atomic E-state index is 0.234. The molecule has 6 nitrogen and oxygen atoms in total. The van der Waals surface area contributed by atoms with E-state index in [2.05, 4.69) is 15.8 Å². The second kappa shape index (κ2) is 8.19. The molecule has 0 aromatic carbocycles. The number of hydrogen-bond acceptors (Lipinski definition) is 6. The molecule has 1 unspecified atom stereocenters. The van der Waals surface area contributed by atoms with Crippen molar-refractivity contribution in [3.05, 3.63) is 11.8 Å². The quantitative estimate of drug-likeness (QED) is 0.251. The number of nitrogens with zero attached hydrogens (tertiary/aromatic N) is 1. The Labute approximate surface area is 127 Å². The molecule has 0 aliphatic heterocycles. The summed E-state index contributed by atoms with van der Waals surface area (Å²) in [5, 5.41) is 30.6. The third kappa shape index (κ3) is 5.45. The van der Waals surface area contributed by atoms with Crippen molar-refractivity contribution in [1.82, 2.24) is 10.7 Å². The molecule has 0 heterocycles. The summed E-state index contributed by atoms with van der Waals surface area (Å²) < 4.78 is 37.6. The normalized spacial score (nSPS) is 14.8. The molecule has 0 aromatic rings. The largest absolute Gasteiger partial charge is 0.433 e. The van der Waals surface area contributed by atoms with Gasteiger partial charge in [0.05, 0.1) is 0 Å². The van der Waals surface area contributed by atoms with E-state index in [-0.39, 0.29) is 9.43 Å². The van der Waals surface area contributed by atoms with Crippen molar-refractivity contribution in [2.45, 2.75) is 19.2 Å². The van der Waals surface area contributed by atoms with Crippen LogP contribution in [-0.4, -0.2) is 46.1 Å². The molecule has 0 radical (unpaired) electrons. The third-order valence-electron chi connectivity index (χ3n) is 2.04. The average Bonchev–Trinajstić information content (AvgIpc) is 2.34. The lowest BCUT2D eigenvalue weighted by Gasteiger charge is -2.19. The van der Waals surface area contributed by atoms with Gasteiger partial charge in [0.15, 0.2) is 0 Å². The summed E-state index contributed by atoms with van der Waals surface area (Å²) in [5.41, 5.74) is -0.385. The predicted molar refractivity (Wildman–Crippen MR) is 79.8 cm³/mol. The van der Waals surface area contributed by atoms with Crippen molar-refractivity contribution in [2.24, 2.45) is 5.10 Å². The third-order valence-corrected chi connectivity index (χ3v) is 2.60. The monoisotopic (exact) mass is 405 g/mol. The second-order valence-corrected chi connectivity index (χ2v) is 4.55. The van der Waals surface area contributed by atoms with Gasteiger partial charge >= 0.3 is 6.18 Å². The van der Waals surface area contributed by atoms with Crippen LogP contribution >= 0.6 is 22.6 Å². The Bertz CT molecular complexity index is 433. The van der Waals surface area contributed by atoms with Gasteiger partial charge in [0.1, 0.15) is 21.2 Å². The van der Waals surface area contributed by atoms with Gasteiger partial charge < -0.3 is 15.8 Å². The molecule has 0 aliphatic carbocycles. The fourth-order valence-corrected chi connectivity index (χ4v) is 1.58. The number of aliphatic hydroxyl groups excluding tert-OH is 1. The molecular weight excluding hydrogens is 390 g/mol. The molecule has 20 heavy (non-hydrogen) atoms. The highest BCUT2D eigenvalue weighted by molar-refractivity contribution is 14.1. The Kier molecular flexibility index (Phi) is 7.71. The zero-order valence-electron chi connectivity index (χ0n) is 10.8. The molecular formula is C10H15F3IN5O. The summed E-state index contributed by atoms with van der Waals surface area (Å²) in [5.74, 6) is 0. The standard InChI is InChI=1S/C10H15F3IN5O/c1-3-18-4-5(8(15)10(11,12)13)7(20)6(9(14)16)19-17-2/h4,7,15-18,20H,3H2,1-2H3/b5-4-,15-8?,16-9?,19-6-. The lowest BCUT2D eigenvalue weighted by molar-refractivity contribution is -0.0596. The first kappa shape index (κ1) is 18.8. The lowest BCUT2D eigenvalue weighted by atomic mass is 10.0. The second-order valence-electron chi connectivity index (χ2n) is 3.47. The molecule has 0 amide bonds. The van der Waals surface area contributed by atoms with Gasteiger partial charge in [0.25, 0.3) is 0 Å². The minimum atomic E-state index is -4.90. The van der Waals surface area contributed by atoms with E-state index in [0.717, 1.165) is 6.20 Å². The maximum atomic E-state index is 12.6. The van der Waals surface area contributed by atoms with Crippen LogP contribution in [0.25, 0.3) is 0 Å². The highest BCUT2D eigenvalue weighted by Crippen LogP contribution is 2.23. The Morgan fingerprint density at radius 3 is 2.35 bits per heavy atom. The number of nitrogens with one attached hydrogen (secondary N) is 4. The molecule has 0 bridgehead atoms. The molecule has 114 valence electrons. The van der Waals surface area contributed by atoms with Gasteiger partial charge in [-0.1, -0.05) is 0 Å². The van der Waals surface area contributed by atoms with Crippen molar-refractivity contribution < 1.29 is 18.3 Å². The van der Waals surface area contributed by atoms with E-state index in [1.165, 1.54) is 29.6 Å². The van der Waals surface area contributed by atoms with Crippen LogP contribution in [0.5, 0.6) is 0 Å². The van der Waals surface area contributed by atoms with Crippen molar-refractivity contribution >= 4 is 37.7 Å². The van der Waals surface area contributed by atoms with Gasteiger partial charge in [-0.25, -0.2) is 0 Å².